The second-order valence-corrected chi connectivity index (χ2v) is 4.59. The first kappa shape index (κ1) is 11.8. The second kappa shape index (κ2) is 5.09. The Morgan fingerprint density at radius 2 is 2.24 bits per heavy atom. The van der Waals surface area contributed by atoms with Crippen LogP contribution in [0.25, 0.3) is 0 Å². The molecule has 90 valence electrons. The fourth-order valence-corrected chi connectivity index (χ4v) is 2.39. The van der Waals surface area contributed by atoms with E-state index in [1.165, 1.54) is 22.7 Å². The van der Waals surface area contributed by atoms with Gasteiger partial charge in [-0.25, -0.2) is 0 Å². The smallest absolute Gasteiger partial charge is 0.244 e. The summed E-state index contributed by atoms with van der Waals surface area (Å²) in [4.78, 5) is 24.4. The van der Waals surface area contributed by atoms with E-state index in [0.29, 0.717) is 17.3 Å². The van der Waals surface area contributed by atoms with Crippen molar-refractivity contribution in [1.29, 1.82) is 0 Å². The van der Waals surface area contributed by atoms with Crippen molar-refractivity contribution < 1.29 is 14.7 Å². The van der Waals surface area contributed by atoms with Crippen LogP contribution < -0.4 is 5.32 Å². The molecule has 6 heteroatoms. The molecule has 0 atom stereocenters. The number of nitrogens with zero attached hydrogens (tertiary/aromatic N) is 1. The van der Waals surface area contributed by atoms with Crippen LogP contribution in [0.4, 0.5) is 5.69 Å². The third kappa shape index (κ3) is 2.91. The van der Waals surface area contributed by atoms with Crippen LogP contribution in [0.1, 0.15) is 0 Å². The van der Waals surface area contributed by atoms with E-state index in [0.717, 1.165) is 0 Å². The Morgan fingerprint density at radius 1 is 1.47 bits per heavy atom. The Bertz CT molecular complexity index is 450. The van der Waals surface area contributed by atoms with Gasteiger partial charge in [0.25, 0.3) is 0 Å². The van der Waals surface area contributed by atoms with Gasteiger partial charge in [0.1, 0.15) is 12.3 Å². The number of hydrogen-bond acceptors (Lipinski definition) is 4. The summed E-state index contributed by atoms with van der Waals surface area (Å²) >= 11 is 1.49. The van der Waals surface area contributed by atoms with E-state index in [2.05, 4.69) is 5.32 Å². The van der Waals surface area contributed by atoms with Gasteiger partial charge in [-0.1, -0.05) is 12.1 Å². The van der Waals surface area contributed by atoms with E-state index in [1.807, 2.05) is 0 Å². The largest absolute Gasteiger partial charge is 0.506 e. The molecule has 2 rings (SSSR count). The summed E-state index contributed by atoms with van der Waals surface area (Å²) in [5, 5.41) is 12.0. The third-order valence-corrected chi connectivity index (χ3v) is 3.28. The molecule has 0 aliphatic carbocycles. The number of thioether (sulfide) groups is 1. The van der Waals surface area contributed by atoms with Crippen molar-refractivity contribution in [2.24, 2.45) is 0 Å². The molecule has 1 aromatic rings. The molecule has 1 heterocycles. The van der Waals surface area contributed by atoms with Crippen molar-refractivity contribution in [2.45, 2.75) is 0 Å². The first-order chi connectivity index (χ1) is 8.16. The van der Waals surface area contributed by atoms with Crippen LogP contribution in [0.2, 0.25) is 0 Å². The number of carbonyl (C=O) groups excluding carboxylic acids is 2. The van der Waals surface area contributed by atoms with Gasteiger partial charge in [0.2, 0.25) is 11.8 Å². The molecule has 1 aromatic carbocycles. The molecule has 0 unspecified atom stereocenters. The molecule has 0 aromatic heterocycles. The van der Waals surface area contributed by atoms with Gasteiger partial charge in [-0.15, -0.1) is 11.8 Å². The molecule has 2 N–H and O–H groups in total. The van der Waals surface area contributed by atoms with Crippen molar-refractivity contribution in [1.82, 2.24) is 4.90 Å². The molecule has 1 fully saturated rings. The minimum Gasteiger partial charge on any atom is -0.506 e. The van der Waals surface area contributed by atoms with Crippen LogP contribution >= 0.6 is 11.8 Å². The van der Waals surface area contributed by atoms with E-state index < -0.39 is 0 Å². The summed E-state index contributed by atoms with van der Waals surface area (Å²) in [6.07, 6.45) is 0. The Hall–Kier alpha value is -1.69. The molecule has 1 saturated heterocycles. The molecular weight excluding hydrogens is 240 g/mol. The average molecular weight is 252 g/mol. The average Bonchev–Trinajstić information content (AvgIpc) is 2.68. The Morgan fingerprint density at radius 3 is 2.88 bits per heavy atom. The van der Waals surface area contributed by atoms with Crippen molar-refractivity contribution >= 4 is 29.3 Å². The quantitative estimate of drug-likeness (QED) is 0.783. The zero-order valence-electron chi connectivity index (χ0n) is 9.05. The molecule has 17 heavy (non-hydrogen) atoms. The number of anilines is 1. The lowest BCUT2D eigenvalue weighted by Gasteiger charge is -2.14. The maximum absolute atomic E-state index is 11.6. The van der Waals surface area contributed by atoms with Gasteiger partial charge in [0.15, 0.2) is 0 Å². The predicted molar refractivity (Wildman–Crippen MR) is 65.8 cm³/mol. The normalized spacial score (nSPS) is 15.1. The van der Waals surface area contributed by atoms with Crippen LogP contribution in [0.5, 0.6) is 5.75 Å². The van der Waals surface area contributed by atoms with Gasteiger partial charge in [-0.05, 0) is 12.1 Å². The van der Waals surface area contributed by atoms with Crippen LogP contribution in [0, 0.1) is 0 Å². The number of amides is 2. The van der Waals surface area contributed by atoms with Crippen molar-refractivity contribution in [3.8, 4) is 5.75 Å². The maximum atomic E-state index is 11.6. The van der Waals surface area contributed by atoms with Gasteiger partial charge >= 0.3 is 0 Å². The standard InChI is InChI=1S/C11H12N2O3S/c14-9-4-2-1-3-8(9)12-10(15)5-13-7-17-6-11(13)16/h1-4,14H,5-7H2,(H,12,15). The highest BCUT2D eigenvalue weighted by Gasteiger charge is 2.22. The number of nitrogens with one attached hydrogen (secondary N) is 1. The first-order valence-electron chi connectivity index (χ1n) is 5.10. The third-order valence-electron chi connectivity index (χ3n) is 2.34. The fraction of sp³-hybridized carbons (Fsp3) is 0.273. The van der Waals surface area contributed by atoms with Gasteiger partial charge in [-0.2, -0.15) is 0 Å². The summed E-state index contributed by atoms with van der Waals surface area (Å²) in [6, 6.07) is 6.48. The summed E-state index contributed by atoms with van der Waals surface area (Å²) in [6.45, 7) is 0.0279. The summed E-state index contributed by atoms with van der Waals surface area (Å²) in [7, 11) is 0. The van der Waals surface area contributed by atoms with Crippen LogP contribution in [0.3, 0.4) is 0 Å². The van der Waals surface area contributed by atoms with E-state index >= 15 is 0 Å². The van der Waals surface area contributed by atoms with Crippen molar-refractivity contribution in [3.63, 3.8) is 0 Å². The van der Waals surface area contributed by atoms with Gasteiger partial charge in [0, 0.05) is 0 Å². The number of phenolic OH excluding ortho intramolecular Hbond substituents is 1. The highest BCUT2D eigenvalue weighted by molar-refractivity contribution is 8.00. The number of aromatic hydroxyl groups is 1. The maximum Gasteiger partial charge on any atom is 0.244 e. The van der Waals surface area contributed by atoms with Gasteiger partial charge in [0.05, 0.1) is 17.3 Å². The molecule has 1 aliphatic heterocycles. The summed E-state index contributed by atoms with van der Waals surface area (Å²) in [5.74, 6) is 0.671. The highest BCUT2D eigenvalue weighted by Crippen LogP contribution is 2.21. The van der Waals surface area contributed by atoms with E-state index in [9.17, 15) is 14.7 Å². The SMILES string of the molecule is O=C(CN1CSCC1=O)Nc1ccccc1O. The lowest BCUT2D eigenvalue weighted by atomic mass is 10.3. The Balaban J connectivity index is 1.93. The topological polar surface area (TPSA) is 69.6 Å². The number of para-hydroxylation sites is 2. The fourth-order valence-electron chi connectivity index (χ4n) is 1.48. The second-order valence-electron chi connectivity index (χ2n) is 3.63. The summed E-state index contributed by atoms with van der Waals surface area (Å²) in [5.41, 5.74) is 0.358. The number of phenols is 1. The van der Waals surface area contributed by atoms with E-state index in [-0.39, 0.29) is 24.1 Å². The molecule has 1 aliphatic rings. The minimum atomic E-state index is -0.303. The van der Waals surface area contributed by atoms with Crippen LogP contribution in [0.15, 0.2) is 24.3 Å². The molecule has 0 saturated carbocycles. The molecule has 2 amide bonds. The molecular formula is C11H12N2O3S. The molecule has 5 nitrogen and oxygen atoms in total. The van der Waals surface area contributed by atoms with E-state index in [1.54, 1.807) is 18.2 Å². The molecule has 0 spiro atoms. The van der Waals surface area contributed by atoms with Crippen molar-refractivity contribution in [2.75, 3.05) is 23.5 Å². The molecule has 0 radical (unpaired) electrons. The summed E-state index contributed by atoms with van der Waals surface area (Å²) < 4.78 is 0. The van der Waals surface area contributed by atoms with Crippen LogP contribution in [-0.4, -0.2) is 40.0 Å². The van der Waals surface area contributed by atoms with Crippen molar-refractivity contribution in [3.05, 3.63) is 24.3 Å². The Labute approximate surface area is 103 Å². The monoisotopic (exact) mass is 252 g/mol. The number of hydrogen-bond donors (Lipinski definition) is 2. The number of carbonyl (C=O) groups is 2. The zero-order chi connectivity index (χ0) is 12.3. The lowest BCUT2D eigenvalue weighted by molar-refractivity contribution is -0.130. The Kier molecular flexibility index (Phi) is 3.53. The predicted octanol–water partition coefficient (Wildman–Crippen LogP) is 0.864. The van der Waals surface area contributed by atoms with Crippen LogP contribution in [-0.2, 0) is 9.59 Å². The highest BCUT2D eigenvalue weighted by atomic mass is 32.2. The van der Waals surface area contributed by atoms with E-state index in [4.69, 9.17) is 0 Å². The minimum absolute atomic E-state index is 0.0166. The zero-order valence-corrected chi connectivity index (χ0v) is 9.87. The molecule has 0 bridgehead atoms. The first-order valence-corrected chi connectivity index (χ1v) is 6.25. The lowest BCUT2D eigenvalue weighted by Crippen LogP contribution is -2.34. The number of benzene rings is 1. The van der Waals surface area contributed by atoms with Gasteiger partial charge in [-0.3, -0.25) is 9.59 Å². The number of rotatable bonds is 3. The van der Waals surface area contributed by atoms with Gasteiger partial charge < -0.3 is 15.3 Å².